The van der Waals surface area contributed by atoms with E-state index in [0.717, 1.165) is 48.9 Å². The van der Waals surface area contributed by atoms with Gasteiger partial charge in [0.1, 0.15) is 5.01 Å². The lowest BCUT2D eigenvalue weighted by atomic mass is 9.67. The van der Waals surface area contributed by atoms with Gasteiger partial charge in [0, 0.05) is 11.9 Å². The molecule has 142 valence electrons. The summed E-state index contributed by atoms with van der Waals surface area (Å²) >= 11 is 0.959. The molecule has 1 aliphatic heterocycles. The van der Waals surface area contributed by atoms with Gasteiger partial charge in [-0.2, -0.15) is 13.2 Å². The van der Waals surface area contributed by atoms with Crippen molar-refractivity contribution in [2.75, 3.05) is 13.1 Å². The molecule has 9 heteroatoms. The van der Waals surface area contributed by atoms with Crippen molar-refractivity contribution in [2.24, 2.45) is 11.3 Å². The van der Waals surface area contributed by atoms with Crippen LogP contribution in [0.3, 0.4) is 0 Å². The minimum absolute atomic E-state index is 0. The zero-order valence-corrected chi connectivity index (χ0v) is 15.6. The molecule has 1 amide bonds. The molecule has 3 rings (SSSR count). The third-order valence-electron chi connectivity index (χ3n) is 5.31. The van der Waals surface area contributed by atoms with Gasteiger partial charge in [-0.25, -0.2) is 4.98 Å². The zero-order chi connectivity index (χ0) is 17.4. The van der Waals surface area contributed by atoms with Crippen LogP contribution in [0.15, 0.2) is 5.38 Å². The summed E-state index contributed by atoms with van der Waals surface area (Å²) < 4.78 is 38.2. The molecule has 3 atom stereocenters. The number of aromatic nitrogens is 1. The molecule has 2 N–H and O–H groups in total. The van der Waals surface area contributed by atoms with E-state index in [1.807, 2.05) is 6.92 Å². The maximum absolute atomic E-state index is 13.0. The highest BCUT2D eigenvalue weighted by molar-refractivity contribution is 7.09. The first-order valence-corrected chi connectivity index (χ1v) is 9.29. The van der Waals surface area contributed by atoms with E-state index in [0.29, 0.717) is 23.9 Å². The van der Waals surface area contributed by atoms with Crippen LogP contribution in [0.4, 0.5) is 13.2 Å². The number of carbonyl (C=O) groups excluding carboxylic acids is 1. The van der Waals surface area contributed by atoms with E-state index in [1.54, 1.807) is 0 Å². The number of hydrogen-bond acceptors (Lipinski definition) is 4. The minimum Gasteiger partial charge on any atom is -0.346 e. The Morgan fingerprint density at radius 3 is 2.92 bits per heavy atom. The Bertz CT molecular complexity index is 610. The summed E-state index contributed by atoms with van der Waals surface area (Å²) in [4.78, 5) is 16.6. The number of nitrogens with zero attached hydrogens (tertiary/aromatic N) is 1. The van der Waals surface area contributed by atoms with Gasteiger partial charge in [-0.15, -0.1) is 23.7 Å². The Morgan fingerprint density at radius 1 is 1.52 bits per heavy atom. The molecule has 1 saturated heterocycles. The van der Waals surface area contributed by atoms with Crippen LogP contribution in [-0.4, -0.2) is 24.0 Å². The summed E-state index contributed by atoms with van der Waals surface area (Å²) in [5.41, 5.74) is -1.29. The predicted molar refractivity (Wildman–Crippen MR) is 92.8 cm³/mol. The molecule has 1 aromatic rings. The Hall–Kier alpha value is -0.860. The fraction of sp³-hybridized carbons (Fsp3) is 0.750. The number of halogens is 4. The summed E-state index contributed by atoms with van der Waals surface area (Å²) in [6.07, 6.45) is 0.119. The minimum atomic E-state index is -4.44. The van der Waals surface area contributed by atoms with Gasteiger partial charge in [0.2, 0.25) is 5.91 Å². The van der Waals surface area contributed by atoms with Crippen LogP contribution in [0.25, 0.3) is 0 Å². The second kappa shape index (κ2) is 7.80. The van der Waals surface area contributed by atoms with Gasteiger partial charge in [0.25, 0.3) is 0 Å². The largest absolute Gasteiger partial charge is 0.434 e. The number of alkyl halides is 3. The van der Waals surface area contributed by atoms with Crippen molar-refractivity contribution in [2.45, 2.75) is 51.2 Å². The highest BCUT2D eigenvalue weighted by Gasteiger charge is 2.50. The molecular weight excluding hydrogens is 375 g/mol. The summed E-state index contributed by atoms with van der Waals surface area (Å²) in [5, 5.41) is 7.64. The lowest BCUT2D eigenvalue weighted by Gasteiger charge is -2.38. The first-order chi connectivity index (χ1) is 11.4. The maximum Gasteiger partial charge on any atom is 0.434 e. The molecule has 0 spiro atoms. The van der Waals surface area contributed by atoms with Crippen molar-refractivity contribution in [3.63, 3.8) is 0 Å². The molecule has 2 fully saturated rings. The van der Waals surface area contributed by atoms with Crippen molar-refractivity contribution in [1.29, 1.82) is 0 Å². The van der Waals surface area contributed by atoms with E-state index < -0.39 is 23.3 Å². The van der Waals surface area contributed by atoms with Crippen molar-refractivity contribution < 1.29 is 18.0 Å². The molecule has 1 aromatic heterocycles. The number of nitrogens with one attached hydrogen (secondary N) is 2. The Balaban J connectivity index is 0.00000225. The molecule has 0 aromatic carbocycles. The van der Waals surface area contributed by atoms with Crippen LogP contribution >= 0.6 is 23.7 Å². The van der Waals surface area contributed by atoms with Gasteiger partial charge in [-0.05, 0) is 31.7 Å². The lowest BCUT2D eigenvalue weighted by molar-refractivity contribution is -0.140. The Morgan fingerprint density at radius 2 is 2.28 bits per heavy atom. The third-order valence-corrected chi connectivity index (χ3v) is 6.27. The highest BCUT2D eigenvalue weighted by atomic mass is 35.5. The van der Waals surface area contributed by atoms with Crippen LogP contribution in [-0.2, 0) is 11.0 Å². The van der Waals surface area contributed by atoms with Gasteiger partial charge in [-0.1, -0.05) is 19.8 Å². The highest BCUT2D eigenvalue weighted by Crippen LogP contribution is 2.44. The Kier molecular flexibility index (Phi) is 6.38. The Labute approximate surface area is 155 Å². The molecule has 25 heavy (non-hydrogen) atoms. The second-order valence-electron chi connectivity index (χ2n) is 6.73. The summed E-state index contributed by atoms with van der Waals surface area (Å²) in [7, 11) is 0. The molecule has 0 radical (unpaired) electrons. The number of carbonyl (C=O) groups is 1. The van der Waals surface area contributed by atoms with Crippen LogP contribution in [0, 0.1) is 11.3 Å². The second-order valence-corrected chi connectivity index (χ2v) is 7.62. The molecule has 1 unspecified atom stereocenters. The fourth-order valence-electron chi connectivity index (χ4n) is 3.91. The fourth-order valence-corrected chi connectivity index (χ4v) is 4.87. The molecule has 2 aliphatic rings. The SMILES string of the molecule is CCC(NC(=O)[C@@]12CCCC[C@H]1CNC2)c1nc(C(F)(F)F)cs1.Cl. The van der Waals surface area contributed by atoms with Crippen molar-refractivity contribution in [3.8, 4) is 0 Å². The van der Waals surface area contributed by atoms with E-state index in [1.165, 1.54) is 0 Å². The number of fused-ring (bicyclic) bond motifs is 1. The number of amides is 1. The standard InChI is InChI=1S/C16H22F3N3OS.ClH/c1-2-11(13-22-12(8-24-13)16(17,18)19)21-14(23)15-6-4-3-5-10(15)7-20-9-15;/h8,10-11,20H,2-7,9H2,1H3,(H,21,23);1H/t10-,11?,15+;/m0./s1. The smallest absolute Gasteiger partial charge is 0.346 e. The van der Waals surface area contributed by atoms with Crippen molar-refractivity contribution >= 4 is 29.7 Å². The van der Waals surface area contributed by atoms with Gasteiger partial charge < -0.3 is 10.6 Å². The van der Waals surface area contributed by atoms with Crippen LogP contribution in [0.5, 0.6) is 0 Å². The van der Waals surface area contributed by atoms with Gasteiger partial charge in [-0.3, -0.25) is 4.79 Å². The van der Waals surface area contributed by atoms with E-state index >= 15 is 0 Å². The van der Waals surface area contributed by atoms with Crippen molar-refractivity contribution in [3.05, 3.63) is 16.1 Å². The normalized spacial score (nSPS) is 27.3. The van der Waals surface area contributed by atoms with Gasteiger partial charge in [0.05, 0.1) is 11.5 Å². The van der Waals surface area contributed by atoms with Gasteiger partial charge >= 0.3 is 6.18 Å². The average Bonchev–Trinajstić information content (AvgIpc) is 3.19. The number of thiazole rings is 1. The van der Waals surface area contributed by atoms with Crippen LogP contribution in [0.1, 0.15) is 55.8 Å². The molecule has 0 bridgehead atoms. The first-order valence-electron chi connectivity index (χ1n) is 8.41. The zero-order valence-electron chi connectivity index (χ0n) is 14.0. The average molecular weight is 398 g/mol. The third kappa shape index (κ3) is 3.95. The molecule has 2 heterocycles. The molecule has 4 nitrogen and oxygen atoms in total. The summed E-state index contributed by atoms with van der Waals surface area (Å²) in [6.45, 7) is 3.35. The van der Waals surface area contributed by atoms with Crippen LogP contribution in [0.2, 0.25) is 0 Å². The quantitative estimate of drug-likeness (QED) is 0.809. The van der Waals surface area contributed by atoms with Crippen LogP contribution < -0.4 is 10.6 Å². The topological polar surface area (TPSA) is 54.0 Å². The maximum atomic E-state index is 13.0. The summed E-state index contributed by atoms with van der Waals surface area (Å²) in [6, 6.07) is -0.462. The predicted octanol–water partition coefficient (Wildman–Crippen LogP) is 3.93. The van der Waals surface area contributed by atoms with E-state index in [9.17, 15) is 18.0 Å². The van der Waals surface area contributed by atoms with Gasteiger partial charge in [0.15, 0.2) is 5.69 Å². The number of hydrogen-bond donors (Lipinski definition) is 2. The van der Waals surface area contributed by atoms with E-state index in [2.05, 4.69) is 15.6 Å². The van der Waals surface area contributed by atoms with E-state index in [-0.39, 0.29) is 18.3 Å². The molecule has 1 aliphatic carbocycles. The monoisotopic (exact) mass is 397 g/mol. The number of rotatable bonds is 4. The lowest BCUT2D eigenvalue weighted by Crippen LogP contribution is -2.48. The molecule has 1 saturated carbocycles. The molecular formula is C16H23ClF3N3OS. The van der Waals surface area contributed by atoms with E-state index in [4.69, 9.17) is 0 Å². The van der Waals surface area contributed by atoms with Crippen molar-refractivity contribution in [1.82, 2.24) is 15.6 Å². The first kappa shape index (κ1) is 20.5. The summed E-state index contributed by atoms with van der Waals surface area (Å²) in [5.74, 6) is 0.290.